The van der Waals surface area contributed by atoms with Crippen LogP contribution in [0.3, 0.4) is 0 Å². The van der Waals surface area contributed by atoms with Crippen LogP contribution in [0.15, 0.2) is 36.0 Å². The van der Waals surface area contributed by atoms with Gasteiger partial charge in [0.15, 0.2) is 5.16 Å². The van der Waals surface area contributed by atoms with Gasteiger partial charge in [0.2, 0.25) is 5.91 Å². The highest BCUT2D eigenvalue weighted by atomic mass is 35.5. The molecule has 2 rings (SSSR count). The summed E-state index contributed by atoms with van der Waals surface area (Å²) >= 11 is 6.68. The van der Waals surface area contributed by atoms with E-state index in [1.165, 1.54) is 6.07 Å². The molecule has 25 heavy (non-hydrogen) atoms. The summed E-state index contributed by atoms with van der Waals surface area (Å²) < 4.78 is 40.8. The van der Waals surface area contributed by atoms with Gasteiger partial charge in [0.25, 0.3) is 0 Å². The third-order valence-corrected chi connectivity index (χ3v) is 4.31. The van der Waals surface area contributed by atoms with Gasteiger partial charge in [-0.2, -0.15) is 13.2 Å². The number of benzene rings is 1. The molecule has 0 unspecified atom stereocenters. The molecular formula is C15H14ClF3N4OS. The van der Waals surface area contributed by atoms with E-state index in [1.807, 2.05) is 0 Å². The summed E-state index contributed by atoms with van der Waals surface area (Å²) in [6.45, 7) is 5.85. The average Bonchev–Trinajstić information content (AvgIpc) is 2.87. The largest absolute Gasteiger partial charge is 0.418 e. The van der Waals surface area contributed by atoms with Gasteiger partial charge >= 0.3 is 6.18 Å². The van der Waals surface area contributed by atoms with Crippen LogP contribution in [0.25, 0.3) is 0 Å². The van der Waals surface area contributed by atoms with Crippen LogP contribution < -0.4 is 5.32 Å². The summed E-state index contributed by atoms with van der Waals surface area (Å²) in [6.07, 6.45) is -2.97. The molecule has 0 aliphatic heterocycles. The first-order chi connectivity index (χ1) is 11.7. The Balaban J connectivity index is 2.08. The average molecular weight is 391 g/mol. The zero-order valence-corrected chi connectivity index (χ0v) is 14.7. The quantitative estimate of drug-likeness (QED) is 0.594. The van der Waals surface area contributed by atoms with Crippen LogP contribution in [-0.2, 0) is 17.5 Å². The molecule has 0 spiro atoms. The molecule has 0 fully saturated rings. The maximum absolute atomic E-state index is 13.0. The Kier molecular flexibility index (Phi) is 6.12. The highest BCUT2D eigenvalue weighted by molar-refractivity contribution is 7.99. The molecule has 0 atom stereocenters. The fourth-order valence-corrected chi connectivity index (χ4v) is 2.95. The van der Waals surface area contributed by atoms with E-state index < -0.39 is 17.6 Å². The maximum Gasteiger partial charge on any atom is 0.418 e. The summed E-state index contributed by atoms with van der Waals surface area (Å²) in [5.74, 6) is -0.0571. The summed E-state index contributed by atoms with van der Waals surface area (Å²) in [7, 11) is 0. The molecule has 0 radical (unpaired) electrons. The minimum atomic E-state index is -4.62. The number of rotatable bonds is 6. The van der Waals surface area contributed by atoms with Crippen LogP contribution in [0.1, 0.15) is 11.4 Å². The first-order valence-electron chi connectivity index (χ1n) is 7.02. The van der Waals surface area contributed by atoms with Crippen molar-refractivity contribution in [1.82, 2.24) is 14.8 Å². The topological polar surface area (TPSA) is 59.8 Å². The van der Waals surface area contributed by atoms with Crippen molar-refractivity contribution in [3.05, 3.63) is 47.3 Å². The second kappa shape index (κ2) is 7.92. The normalized spacial score (nSPS) is 11.4. The smallest absolute Gasteiger partial charge is 0.325 e. The third-order valence-electron chi connectivity index (χ3n) is 3.11. The van der Waals surface area contributed by atoms with Gasteiger partial charge < -0.3 is 9.88 Å². The van der Waals surface area contributed by atoms with Gasteiger partial charge in [-0.05, 0) is 25.1 Å². The van der Waals surface area contributed by atoms with Crippen molar-refractivity contribution in [3.8, 4) is 0 Å². The Morgan fingerprint density at radius 2 is 2.16 bits per heavy atom. The van der Waals surface area contributed by atoms with E-state index in [2.05, 4.69) is 22.1 Å². The zero-order valence-electron chi connectivity index (χ0n) is 13.1. The number of amides is 1. The van der Waals surface area contributed by atoms with E-state index in [9.17, 15) is 18.0 Å². The van der Waals surface area contributed by atoms with Gasteiger partial charge in [0.05, 0.1) is 17.0 Å². The van der Waals surface area contributed by atoms with Crippen molar-refractivity contribution in [2.75, 3.05) is 11.1 Å². The number of thioether (sulfide) groups is 1. The number of aromatic nitrogens is 3. The van der Waals surface area contributed by atoms with E-state index in [1.54, 1.807) is 17.6 Å². The summed E-state index contributed by atoms with van der Waals surface area (Å²) in [5.41, 5.74) is -1.34. The number of nitrogens with zero attached hydrogens (tertiary/aromatic N) is 3. The van der Waals surface area contributed by atoms with Crippen molar-refractivity contribution in [1.29, 1.82) is 0 Å². The SMILES string of the molecule is C=CCn1c(C)nnc1SCC(=O)Nc1ccc(Cl)cc1C(F)(F)F. The van der Waals surface area contributed by atoms with Crippen LogP contribution in [0.4, 0.5) is 18.9 Å². The Morgan fingerprint density at radius 3 is 2.80 bits per heavy atom. The number of hydrogen-bond acceptors (Lipinski definition) is 4. The van der Waals surface area contributed by atoms with Crippen molar-refractivity contribution in [3.63, 3.8) is 0 Å². The van der Waals surface area contributed by atoms with Gasteiger partial charge in [-0.1, -0.05) is 29.4 Å². The summed E-state index contributed by atoms with van der Waals surface area (Å²) in [4.78, 5) is 12.0. The Bertz CT molecular complexity index is 792. The first-order valence-corrected chi connectivity index (χ1v) is 8.39. The standard InChI is InChI=1S/C15H14ClF3N4OS/c1-3-6-23-9(2)21-22-14(23)25-8-13(24)20-12-5-4-10(16)7-11(12)15(17,18)19/h3-5,7H,1,6,8H2,2H3,(H,20,24). The minimum Gasteiger partial charge on any atom is -0.325 e. The lowest BCUT2D eigenvalue weighted by molar-refractivity contribution is -0.137. The number of allylic oxidation sites excluding steroid dienone is 1. The van der Waals surface area contributed by atoms with E-state index >= 15 is 0 Å². The molecule has 1 amide bonds. The number of carbonyl (C=O) groups excluding carboxylic acids is 1. The number of hydrogen-bond donors (Lipinski definition) is 1. The van der Waals surface area contributed by atoms with Crippen molar-refractivity contribution in [2.45, 2.75) is 24.8 Å². The second-order valence-corrected chi connectivity index (χ2v) is 6.33. The van der Waals surface area contributed by atoms with Crippen LogP contribution in [0, 0.1) is 6.92 Å². The van der Waals surface area contributed by atoms with Crippen molar-refractivity contribution < 1.29 is 18.0 Å². The van der Waals surface area contributed by atoms with Gasteiger partial charge in [0, 0.05) is 11.6 Å². The third kappa shape index (κ3) is 4.99. The number of aryl methyl sites for hydroxylation is 1. The molecule has 134 valence electrons. The van der Waals surface area contributed by atoms with E-state index in [4.69, 9.17) is 11.6 Å². The highest BCUT2D eigenvalue weighted by Gasteiger charge is 2.34. The van der Waals surface area contributed by atoms with Gasteiger partial charge in [-0.25, -0.2) is 0 Å². The highest BCUT2D eigenvalue weighted by Crippen LogP contribution is 2.36. The van der Waals surface area contributed by atoms with Crippen LogP contribution in [-0.4, -0.2) is 26.4 Å². The zero-order chi connectivity index (χ0) is 18.6. The lowest BCUT2D eigenvalue weighted by Crippen LogP contribution is -2.18. The number of alkyl halides is 3. The molecule has 0 bridgehead atoms. The fraction of sp³-hybridized carbons (Fsp3) is 0.267. The predicted octanol–water partition coefficient (Wildman–Crippen LogP) is 4.18. The predicted molar refractivity (Wildman–Crippen MR) is 90.8 cm³/mol. The van der Waals surface area contributed by atoms with E-state index in [0.29, 0.717) is 17.5 Å². The maximum atomic E-state index is 13.0. The Morgan fingerprint density at radius 1 is 1.44 bits per heavy atom. The van der Waals surface area contributed by atoms with Gasteiger partial charge in [0.1, 0.15) is 5.82 Å². The monoisotopic (exact) mass is 390 g/mol. The molecule has 2 aromatic rings. The first kappa shape index (κ1) is 19.3. The Hall–Kier alpha value is -2.00. The molecule has 0 saturated heterocycles. The number of carbonyl (C=O) groups is 1. The second-order valence-electron chi connectivity index (χ2n) is 4.95. The molecule has 0 saturated carbocycles. The van der Waals surface area contributed by atoms with Crippen LogP contribution in [0.5, 0.6) is 0 Å². The molecular weight excluding hydrogens is 377 g/mol. The van der Waals surface area contributed by atoms with Crippen LogP contribution in [0.2, 0.25) is 5.02 Å². The molecule has 0 aliphatic carbocycles. The number of halogens is 4. The molecule has 0 aliphatic rings. The molecule has 1 heterocycles. The molecule has 1 aromatic heterocycles. The fourth-order valence-electron chi connectivity index (χ4n) is 1.98. The minimum absolute atomic E-state index is 0.0623. The summed E-state index contributed by atoms with van der Waals surface area (Å²) in [6, 6.07) is 3.18. The van der Waals surface area contributed by atoms with E-state index in [0.717, 1.165) is 23.9 Å². The molecule has 5 nitrogen and oxygen atoms in total. The summed E-state index contributed by atoms with van der Waals surface area (Å²) in [5, 5.41) is 10.5. The number of anilines is 1. The molecule has 1 N–H and O–H groups in total. The van der Waals surface area contributed by atoms with Crippen molar-refractivity contribution in [2.24, 2.45) is 0 Å². The van der Waals surface area contributed by atoms with Gasteiger partial charge in [-0.3, -0.25) is 4.79 Å². The Labute approximate surface area is 151 Å². The van der Waals surface area contributed by atoms with E-state index in [-0.39, 0.29) is 16.5 Å². The molecule has 10 heteroatoms. The lowest BCUT2D eigenvalue weighted by atomic mass is 10.1. The lowest BCUT2D eigenvalue weighted by Gasteiger charge is -2.14. The number of nitrogens with one attached hydrogen (secondary N) is 1. The van der Waals surface area contributed by atoms with Gasteiger partial charge in [-0.15, -0.1) is 16.8 Å². The molecule has 1 aromatic carbocycles. The van der Waals surface area contributed by atoms with Crippen molar-refractivity contribution >= 4 is 35.0 Å². The van der Waals surface area contributed by atoms with Crippen LogP contribution >= 0.6 is 23.4 Å².